The molecule has 0 unspecified atom stereocenters. The van der Waals surface area contributed by atoms with E-state index in [0.717, 1.165) is 5.56 Å². The van der Waals surface area contributed by atoms with Crippen LogP contribution in [0.2, 0.25) is 0 Å². The summed E-state index contributed by atoms with van der Waals surface area (Å²) in [6.45, 7) is 1.77. The quantitative estimate of drug-likeness (QED) is 0.759. The molecule has 8 heteroatoms. The zero-order valence-electron chi connectivity index (χ0n) is 14.8. The molecule has 0 heterocycles. The number of nitrogens with two attached hydrogens (primary N) is 1. The molecule has 3 N–H and O–H groups in total. The van der Waals surface area contributed by atoms with Gasteiger partial charge in [-0.25, -0.2) is 4.79 Å². The van der Waals surface area contributed by atoms with E-state index in [9.17, 15) is 14.7 Å². The summed E-state index contributed by atoms with van der Waals surface area (Å²) in [7, 11) is 3.92. The van der Waals surface area contributed by atoms with Crippen molar-refractivity contribution in [2.75, 3.05) is 21.3 Å². The number of phenols is 1. The van der Waals surface area contributed by atoms with Gasteiger partial charge in [0, 0.05) is 6.07 Å². The van der Waals surface area contributed by atoms with Crippen LogP contribution in [0.15, 0.2) is 24.3 Å². The third-order valence-electron chi connectivity index (χ3n) is 3.55. The maximum absolute atomic E-state index is 12.1. The Balaban J connectivity index is 2.71. The Kier molecular flexibility index (Phi) is 5.56. The predicted molar refractivity (Wildman–Crippen MR) is 92.3 cm³/mol. The molecule has 0 saturated carbocycles. The Morgan fingerprint density at radius 2 is 1.58 bits per heavy atom. The summed E-state index contributed by atoms with van der Waals surface area (Å²) in [5.74, 6) is -1.41. The van der Waals surface area contributed by atoms with Crippen molar-refractivity contribution in [2.45, 2.75) is 6.92 Å². The molecule has 2 aromatic carbocycles. The van der Waals surface area contributed by atoms with Crippen LogP contribution in [0.1, 0.15) is 26.3 Å². The largest absolute Gasteiger partial charge is 0.508 e. The normalized spacial score (nSPS) is 10.2. The highest BCUT2D eigenvalue weighted by Crippen LogP contribution is 2.41. The topological polar surface area (TPSA) is 117 Å². The van der Waals surface area contributed by atoms with Gasteiger partial charge in [0.05, 0.1) is 21.3 Å². The zero-order chi connectivity index (χ0) is 19.4. The number of aromatic hydroxyl groups is 1. The van der Waals surface area contributed by atoms with Gasteiger partial charge in [-0.05, 0) is 30.7 Å². The lowest BCUT2D eigenvalue weighted by Crippen LogP contribution is -2.15. The first-order valence-electron chi connectivity index (χ1n) is 7.48. The van der Waals surface area contributed by atoms with Crippen LogP contribution in [0.5, 0.6) is 28.7 Å². The maximum Gasteiger partial charge on any atom is 0.341 e. The second-order valence-corrected chi connectivity index (χ2v) is 5.32. The molecule has 2 aromatic rings. The van der Waals surface area contributed by atoms with E-state index in [1.54, 1.807) is 19.1 Å². The van der Waals surface area contributed by atoms with Crippen LogP contribution in [0, 0.1) is 6.92 Å². The number of benzene rings is 2. The Morgan fingerprint density at radius 1 is 0.962 bits per heavy atom. The van der Waals surface area contributed by atoms with Crippen LogP contribution >= 0.6 is 0 Å². The van der Waals surface area contributed by atoms with Gasteiger partial charge in [0.25, 0.3) is 5.91 Å². The van der Waals surface area contributed by atoms with Crippen molar-refractivity contribution >= 4 is 11.9 Å². The number of methoxy groups -OCH3 is 3. The second kappa shape index (κ2) is 7.64. The fourth-order valence-electron chi connectivity index (χ4n) is 2.42. The smallest absolute Gasteiger partial charge is 0.341 e. The minimum absolute atomic E-state index is 0.00374. The standard InChI is InChI=1S/C18H19NO7/c1-9-5-12(23-2)15(17(19)21)13(6-9)26-16-11(18(22)25-4)7-10(20)8-14(16)24-3/h5-8,20H,1-4H3,(H2,19,21). The molecule has 0 aromatic heterocycles. The number of ether oxygens (including phenoxy) is 4. The van der Waals surface area contributed by atoms with Crippen molar-refractivity contribution in [3.63, 3.8) is 0 Å². The second-order valence-electron chi connectivity index (χ2n) is 5.32. The maximum atomic E-state index is 12.1. The first-order valence-corrected chi connectivity index (χ1v) is 7.48. The van der Waals surface area contributed by atoms with Crippen molar-refractivity contribution in [1.29, 1.82) is 0 Å². The van der Waals surface area contributed by atoms with E-state index >= 15 is 0 Å². The van der Waals surface area contributed by atoms with Crippen molar-refractivity contribution in [3.8, 4) is 28.7 Å². The molecule has 0 radical (unpaired) electrons. The van der Waals surface area contributed by atoms with Gasteiger partial charge in [0.15, 0.2) is 11.5 Å². The minimum atomic E-state index is -0.769. The van der Waals surface area contributed by atoms with Crippen LogP contribution in [-0.2, 0) is 4.74 Å². The summed E-state index contributed by atoms with van der Waals surface area (Å²) in [5.41, 5.74) is 6.11. The van der Waals surface area contributed by atoms with E-state index in [0.29, 0.717) is 0 Å². The van der Waals surface area contributed by atoms with Crippen molar-refractivity contribution in [2.24, 2.45) is 5.73 Å². The van der Waals surface area contributed by atoms with E-state index in [4.69, 9.17) is 24.7 Å². The van der Waals surface area contributed by atoms with Crippen LogP contribution in [0.3, 0.4) is 0 Å². The molecule has 0 bridgehead atoms. The molecule has 0 aliphatic carbocycles. The number of hydrogen-bond donors (Lipinski definition) is 2. The van der Waals surface area contributed by atoms with Gasteiger partial charge in [0.1, 0.15) is 28.4 Å². The first kappa shape index (κ1) is 18.9. The van der Waals surface area contributed by atoms with Gasteiger partial charge < -0.3 is 29.8 Å². The van der Waals surface area contributed by atoms with Gasteiger partial charge >= 0.3 is 5.97 Å². The molecule has 0 aliphatic rings. The van der Waals surface area contributed by atoms with Gasteiger partial charge in [-0.15, -0.1) is 0 Å². The number of amides is 1. The average molecular weight is 361 g/mol. The van der Waals surface area contributed by atoms with Crippen LogP contribution in [0.4, 0.5) is 0 Å². The number of phenolic OH excluding ortho intramolecular Hbond substituents is 1. The van der Waals surface area contributed by atoms with Gasteiger partial charge in [-0.2, -0.15) is 0 Å². The van der Waals surface area contributed by atoms with Crippen LogP contribution in [-0.4, -0.2) is 38.3 Å². The molecule has 1 amide bonds. The van der Waals surface area contributed by atoms with Crippen LogP contribution < -0.4 is 19.9 Å². The third kappa shape index (κ3) is 3.64. The summed E-state index contributed by atoms with van der Waals surface area (Å²) in [5, 5.41) is 9.79. The molecular formula is C18H19NO7. The third-order valence-corrected chi connectivity index (χ3v) is 3.55. The summed E-state index contributed by atoms with van der Waals surface area (Å²) in [4.78, 5) is 24.0. The highest BCUT2D eigenvalue weighted by atomic mass is 16.5. The number of hydrogen-bond acceptors (Lipinski definition) is 7. The molecule has 26 heavy (non-hydrogen) atoms. The Morgan fingerprint density at radius 3 is 2.12 bits per heavy atom. The number of primary amides is 1. The van der Waals surface area contributed by atoms with E-state index in [-0.39, 0.29) is 39.9 Å². The van der Waals surface area contributed by atoms with E-state index in [2.05, 4.69) is 0 Å². The molecule has 0 saturated heterocycles. The highest BCUT2D eigenvalue weighted by Gasteiger charge is 2.24. The van der Waals surface area contributed by atoms with Crippen LogP contribution in [0.25, 0.3) is 0 Å². The molecule has 0 spiro atoms. The van der Waals surface area contributed by atoms with Crippen molar-refractivity contribution in [3.05, 3.63) is 41.0 Å². The molecule has 8 nitrogen and oxygen atoms in total. The molecule has 0 aliphatic heterocycles. The summed E-state index contributed by atoms with van der Waals surface area (Å²) >= 11 is 0. The van der Waals surface area contributed by atoms with Crippen molar-refractivity contribution in [1.82, 2.24) is 0 Å². The summed E-state index contributed by atoms with van der Waals surface area (Å²) < 4.78 is 20.9. The average Bonchev–Trinajstić information content (AvgIpc) is 2.60. The Hall–Kier alpha value is -3.42. The number of carbonyl (C=O) groups excluding carboxylic acids is 2. The molecule has 0 atom stereocenters. The molecular weight excluding hydrogens is 342 g/mol. The Bertz CT molecular complexity index is 861. The number of carbonyl (C=O) groups is 2. The fourth-order valence-corrected chi connectivity index (χ4v) is 2.42. The van der Waals surface area contributed by atoms with Gasteiger partial charge in [-0.3, -0.25) is 4.79 Å². The highest BCUT2D eigenvalue weighted by molar-refractivity contribution is 5.99. The number of esters is 1. The predicted octanol–water partition coefficient (Wildman–Crippen LogP) is 2.40. The van der Waals surface area contributed by atoms with Gasteiger partial charge in [0.2, 0.25) is 0 Å². The summed E-state index contributed by atoms with van der Waals surface area (Å²) in [6.07, 6.45) is 0. The molecule has 138 valence electrons. The summed E-state index contributed by atoms with van der Waals surface area (Å²) in [6, 6.07) is 5.62. The lowest BCUT2D eigenvalue weighted by molar-refractivity contribution is 0.0596. The number of rotatable bonds is 6. The zero-order valence-corrected chi connectivity index (χ0v) is 14.8. The first-order chi connectivity index (χ1) is 12.3. The minimum Gasteiger partial charge on any atom is -0.508 e. The number of aryl methyl sites for hydroxylation is 1. The SMILES string of the molecule is COC(=O)c1cc(O)cc(OC)c1Oc1cc(C)cc(OC)c1C(N)=O. The molecule has 0 fully saturated rings. The monoisotopic (exact) mass is 361 g/mol. The fraction of sp³-hybridized carbons (Fsp3) is 0.222. The Labute approximate surface area is 150 Å². The molecule has 2 rings (SSSR count). The van der Waals surface area contributed by atoms with E-state index in [1.807, 2.05) is 0 Å². The van der Waals surface area contributed by atoms with E-state index in [1.165, 1.54) is 33.5 Å². The van der Waals surface area contributed by atoms with E-state index < -0.39 is 11.9 Å². The van der Waals surface area contributed by atoms with Crippen molar-refractivity contribution < 1.29 is 33.6 Å². The lowest BCUT2D eigenvalue weighted by Gasteiger charge is -2.17. The lowest BCUT2D eigenvalue weighted by atomic mass is 10.1. The van der Waals surface area contributed by atoms with Gasteiger partial charge in [-0.1, -0.05) is 0 Å².